The molecule has 1 saturated heterocycles. The predicted octanol–water partition coefficient (Wildman–Crippen LogP) is 7.29. The van der Waals surface area contributed by atoms with E-state index in [-0.39, 0.29) is 12.4 Å². The van der Waals surface area contributed by atoms with Crippen LogP contribution in [0.2, 0.25) is 0 Å². The number of nitrogens with two attached hydrogens (primary N) is 1. The Morgan fingerprint density at radius 2 is 1.69 bits per heavy atom. The second-order valence-corrected chi connectivity index (χ2v) is 12.2. The number of nitrogens with zero attached hydrogens (tertiary/aromatic N) is 2. The Morgan fingerprint density at radius 3 is 2.22 bits per heavy atom. The van der Waals surface area contributed by atoms with E-state index in [1.807, 2.05) is 42.6 Å². The first kappa shape index (κ1) is 31.9. The third kappa shape index (κ3) is 8.35. The highest BCUT2D eigenvalue weighted by Gasteiger charge is 2.33. The fourth-order valence-electron chi connectivity index (χ4n) is 5.25. The molecule has 0 bridgehead atoms. The Morgan fingerprint density at radius 1 is 1.00 bits per heavy atom. The van der Waals surface area contributed by atoms with E-state index < -0.39 is 0 Å². The zero-order valence-corrected chi connectivity index (χ0v) is 26.0. The number of fused-ring (bicyclic) bond motifs is 1. The van der Waals surface area contributed by atoms with E-state index in [1.54, 1.807) is 24.3 Å². The Hall–Kier alpha value is -4.53. The number of pyridine rings is 1. The standard InChI is InChI=1S/C23H16FNO3.C9H12N2.C4H8ClN/c24-20-7-5-17(6-8-20)22-11-18(16-3-1-15(13-26)2-4-16)9-19-10-21(12-25-14-27)28-23(19)22;1-6-4-8(6)7-2-3-9(10)11-5-7;1-6-2-4(5)3-6/h1-11,13-14H,12H2,(H,25,27);2-3,5-6,8H,4H2,1H3,(H2,10,11);4H,2-3H2,1H3. The van der Waals surface area contributed by atoms with Gasteiger partial charge in [-0.25, -0.2) is 9.37 Å². The van der Waals surface area contributed by atoms with Gasteiger partial charge in [0.2, 0.25) is 6.41 Å². The first-order chi connectivity index (χ1) is 21.7. The zero-order valence-electron chi connectivity index (χ0n) is 25.3. The average molecular weight is 627 g/mol. The largest absolute Gasteiger partial charge is 0.459 e. The summed E-state index contributed by atoms with van der Waals surface area (Å²) in [5.41, 5.74) is 11.6. The van der Waals surface area contributed by atoms with E-state index in [9.17, 15) is 14.0 Å². The van der Waals surface area contributed by atoms with Crippen molar-refractivity contribution in [3.8, 4) is 22.3 Å². The molecule has 45 heavy (non-hydrogen) atoms. The summed E-state index contributed by atoms with van der Waals surface area (Å²) in [5.74, 6) is 2.53. The Labute approximate surface area is 267 Å². The van der Waals surface area contributed by atoms with Crippen molar-refractivity contribution in [3.05, 3.63) is 108 Å². The van der Waals surface area contributed by atoms with Gasteiger partial charge in [-0.1, -0.05) is 49.4 Å². The van der Waals surface area contributed by atoms with Crippen molar-refractivity contribution < 1.29 is 18.4 Å². The van der Waals surface area contributed by atoms with Gasteiger partial charge in [-0.3, -0.25) is 9.59 Å². The number of amides is 1. The number of nitrogens with one attached hydrogen (secondary N) is 1. The van der Waals surface area contributed by atoms with Crippen LogP contribution in [0.25, 0.3) is 33.2 Å². The van der Waals surface area contributed by atoms with Crippen LogP contribution in [0.3, 0.4) is 0 Å². The molecule has 3 heterocycles. The molecule has 3 aromatic carbocycles. The summed E-state index contributed by atoms with van der Waals surface area (Å²) in [6.45, 7) is 4.69. The minimum Gasteiger partial charge on any atom is -0.459 e. The van der Waals surface area contributed by atoms with Crippen molar-refractivity contribution in [1.29, 1.82) is 0 Å². The van der Waals surface area contributed by atoms with Gasteiger partial charge in [-0.2, -0.15) is 0 Å². The van der Waals surface area contributed by atoms with Crippen LogP contribution in [0, 0.1) is 11.7 Å². The molecule has 7 nitrogen and oxygen atoms in total. The molecule has 1 saturated carbocycles. The maximum atomic E-state index is 13.4. The molecule has 0 radical (unpaired) electrons. The lowest BCUT2D eigenvalue weighted by Crippen LogP contribution is -2.44. The molecule has 1 aliphatic heterocycles. The van der Waals surface area contributed by atoms with Crippen LogP contribution in [0.15, 0.2) is 89.5 Å². The van der Waals surface area contributed by atoms with Crippen LogP contribution in [0.5, 0.6) is 0 Å². The van der Waals surface area contributed by atoms with Crippen LogP contribution in [-0.4, -0.2) is 48.1 Å². The number of rotatable bonds is 7. The topological polar surface area (TPSA) is 101 Å². The van der Waals surface area contributed by atoms with E-state index in [0.29, 0.717) is 34.5 Å². The van der Waals surface area contributed by atoms with Gasteiger partial charge in [-0.15, -0.1) is 11.6 Å². The van der Waals surface area contributed by atoms with Gasteiger partial charge in [0.1, 0.15) is 29.3 Å². The van der Waals surface area contributed by atoms with Gasteiger partial charge in [0.05, 0.1) is 11.9 Å². The molecule has 2 fully saturated rings. The number of benzene rings is 3. The smallest absolute Gasteiger partial charge is 0.207 e. The molecule has 7 rings (SSSR count). The van der Waals surface area contributed by atoms with Crippen molar-refractivity contribution in [2.45, 2.75) is 31.2 Å². The first-order valence-corrected chi connectivity index (χ1v) is 15.3. The number of carbonyl (C=O) groups excluding carboxylic acids is 2. The Balaban J connectivity index is 0.000000190. The van der Waals surface area contributed by atoms with Crippen molar-refractivity contribution >= 4 is 41.1 Å². The van der Waals surface area contributed by atoms with Gasteiger partial charge in [-0.05, 0) is 84.0 Å². The van der Waals surface area contributed by atoms with Crippen molar-refractivity contribution in [1.82, 2.24) is 15.2 Å². The number of aromatic nitrogens is 1. The van der Waals surface area contributed by atoms with E-state index in [1.165, 1.54) is 24.1 Å². The number of hydrogen-bond acceptors (Lipinski definition) is 6. The zero-order chi connectivity index (χ0) is 31.9. The Kier molecular flexibility index (Phi) is 10.3. The molecular weight excluding hydrogens is 591 g/mol. The van der Waals surface area contributed by atoms with Crippen LogP contribution >= 0.6 is 11.6 Å². The highest BCUT2D eigenvalue weighted by Crippen LogP contribution is 2.46. The maximum absolute atomic E-state index is 13.4. The van der Waals surface area contributed by atoms with Gasteiger partial charge >= 0.3 is 0 Å². The van der Waals surface area contributed by atoms with Crippen LogP contribution < -0.4 is 11.1 Å². The first-order valence-electron chi connectivity index (χ1n) is 14.8. The minimum absolute atomic E-state index is 0.282. The number of nitrogen functional groups attached to an aromatic ring is 1. The van der Waals surface area contributed by atoms with E-state index in [0.717, 1.165) is 58.9 Å². The van der Waals surface area contributed by atoms with Crippen LogP contribution in [0.4, 0.5) is 10.2 Å². The lowest BCUT2D eigenvalue weighted by molar-refractivity contribution is -0.109. The van der Waals surface area contributed by atoms with Crippen LogP contribution in [-0.2, 0) is 11.3 Å². The van der Waals surface area contributed by atoms with E-state index in [2.05, 4.69) is 35.2 Å². The summed E-state index contributed by atoms with van der Waals surface area (Å²) in [6.07, 6.45) is 4.63. The molecule has 2 atom stereocenters. The second kappa shape index (κ2) is 14.5. The van der Waals surface area contributed by atoms with E-state index >= 15 is 0 Å². The average Bonchev–Trinajstić information content (AvgIpc) is 3.62. The van der Waals surface area contributed by atoms with E-state index in [4.69, 9.17) is 21.8 Å². The number of likely N-dealkylation sites (tertiary alicyclic amines) is 1. The third-order valence-corrected chi connectivity index (χ3v) is 8.20. The van der Waals surface area contributed by atoms with Gasteiger partial charge in [0, 0.05) is 35.8 Å². The van der Waals surface area contributed by atoms with Crippen LogP contribution in [0.1, 0.15) is 40.9 Å². The number of hydrogen-bond donors (Lipinski definition) is 2. The fraction of sp³-hybridized carbons (Fsp3) is 0.250. The number of anilines is 1. The molecule has 2 aliphatic rings. The van der Waals surface area contributed by atoms with Gasteiger partial charge < -0.3 is 20.4 Å². The van der Waals surface area contributed by atoms with Crippen molar-refractivity contribution in [2.75, 3.05) is 25.9 Å². The number of aldehydes is 1. The molecule has 2 unspecified atom stereocenters. The molecule has 1 amide bonds. The maximum Gasteiger partial charge on any atom is 0.207 e. The normalized spacial score (nSPS) is 17.2. The lowest BCUT2D eigenvalue weighted by Gasteiger charge is -2.31. The highest BCUT2D eigenvalue weighted by atomic mass is 35.5. The van der Waals surface area contributed by atoms with Crippen molar-refractivity contribution in [2.24, 2.45) is 5.92 Å². The second-order valence-electron chi connectivity index (χ2n) is 11.6. The predicted molar refractivity (Wildman–Crippen MR) is 178 cm³/mol. The highest BCUT2D eigenvalue weighted by molar-refractivity contribution is 6.21. The number of halogens is 2. The molecule has 1 aliphatic carbocycles. The Bertz CT molecular complexity index is 1730. The third-order valence-electron chi connectivity index (χ3n) is 7.93. The molecule has 2 aromatic heterocycles. The summed E-state index contributed by atoms with van der Waals surface area (Å²) in [7, 11) is 2.07. The molecular formula is C36H36ClFN4O3. The fourth-order valence-corrected chi connectivity index (χ4v) is 5.72. The SMILES string of the molecule is CC1CC1c1ccc(N)nc1.CN1CC(Cl)C1.O=CNCc1cc2cc(-c3ccc(C=O)cc3)cc(-c3ccc(F)cc3)c2o1. The molecule has 0 spiro atoms. The minimum atomic E-state index is -0.309. The molecule has 5 aromatic rings. The summed E-state index contributed by atoms with van der Waals surface area (Å²) in [6, 6.07) is 23.3. The quantitative estimate of drug-likeness (QED) is 0.145. The molecule has 232 valence electrons. The summed E-state index contributed by atoms with van der Waals surface area (Å²) >= 11 is 5.60. The summed E-state index contributed by atoms with van der Waals surface area (Å²) in [4.78, 5) is 27.7. The van der Waals surface area contributed by atoms with Gasteiger partial charge in [0.15, 0.2) is 0 Å². The number of alkyl halides is 1. The molecule has 3 N–H and O–H groups in total. The summed E-state index contributed by atoms with van der Waals surface area (Å²) < 4.78 is 19.3. The lowest BCUT2D eigenvalue weighted by atomic mass is 9.96. The van der Waals surface area contributed by atoms with Gasteiger partial charge in [0.25, 0.3) is 0 Å². The molecule has 9 heteroatoms. The van der Waals surface area contributed by atoms with Crippen molar-refractivity contribution in [3.63, 3.8) is 0 Å². The monoisotopic (exact) mass is 626 g/mol. The number of furan rings is 1. The summed E-state index contributed by atoms with van der Waals surface area (Å²) in [5, 5.41) is 3.91. The number of carbonyl (C=O) groups is 2.